The van der Waals surface area contributed by atoms with Crippen molar-refractivity contribution in [2.75, 3.05) is 0 Å². The van der Waals surface area contributed by atoms with Crippen LogP contribution in [0, 0.1) is 0 Å². The Labute approximate surface area is 117 Å². The summed E-state index contributed by atoms with van der Waals surface area (Å²) in [6, 6.07) is 24.0. The Morgan fingerprint density at radius 2 is 1.42 bits per heavy atom. The largest absolute Gasteiger partial charge is 0.235 e. The molecule has 0 heterocycles. The van der Waals surface area contributed by atoms with Crippen molar-refractivity contribution in [3.8, 4) is 0 Å². The number of aliphatic imine (C=N–C) groups is 1. The van der Waals surface area contributed by atoms with E-state index >= 15 is 0 Å². The minimum Gasteiger partial charge on any atom is -0.235 e. The molecular formula is C17H12ClN. The molecule has 0 radical (unpaired) electrons. The molecule has 92 valence electrons. The van der Waals surface area contributed by atoms with E-state index in [4.69, 9.17) is 11.6 Å². The quantitative estimate of drug-likeness (QED) is 0.568. The molecule has 0 aliphatic heterocycles. The molecule has 3 rings (SSSR count). The Morgan fingerprint density at radius 1 is 0.737 bits per heavy atom. The molecule has 0 N–H and O–H groups in total. The van der Waals surface area contributed by atoms with Crippen LogP contribution in [0.2, 0.25) is 0 Å². The van der Waals surface area contributed by atoms with Crippen LogP contribution < -0.4 is 0 Å². The van der Waals surface area contributed by atoms with Crippen LogP contribution in [-0.4, -0.2) is 5.17 Å². The molecule has 0 atom stereocenters. The van der Waals surface area contributed by atoms with E-state index in [1.54, 1.807) is 0 Å². The summed E-state index contributed by atoms with van der Waals surface area (Å²) in [6.07, 6.45) is 0. The summed E-state index contributed by atoms with van der Waals surface area (Å²) in [4.78, 5) is 4.54. The molecule has 3 aromatic carbocycles. The van der Waals surface area contributed by atoms with Crippen LogP contribution in [0.4, 0.5) is 5.69 Å². The van der Waals surface area contributed by atoms with Gasteiger partial charge in [-0.05, 0) is 11.5 Å². The third kappa shape index (κ3) is 2.51. The maximum atomic E-state index is 6.29. The Hall–Kier alpha value is -2.12. The van der Waals surface area contributed by atoms with Crippen molar-refractivity contribution in [1.29, 1.82) is 0 Å². The van der Waals surface area contributed by atoms with E-state index in [1.807, 2.05) is 54.6 Å². The van der Waals surface area contributed by atoms with Crippen LogP contribution in [0.15, 0.2) is 77.8 Å². The fourth-order valence-electron chi connectivity index (χ4n) is 2.05. The zero-order chi connectivity index (χ0) is 13.1. The lowest BCUT2D eigenvalue weighted by Gasteiger charge is -2.03. The second-order valence-electron chi connectivity index (χ2n) is 4.27. The van der Waals surface area contributed by atoms with Crippen molar-refractivity contribution in [3.05, 3.63) is 78.4 Å². The number of halogens is 1. The zero-order valence-electron chi connectivity index (χ0n) is 10.3. The topological polar surface area (TPSA) is 12.4 Å². The standard InChI is InChI=1S/C17H12ClN/c18-17(14-8-2-1-3-9-14)19-16-12-6-10-13-7-4-5-11-15(13)16/h1-12H/b19-17-. The molecule has 0 aromatic heterocycles. The number of benzene rings is 3. The van der Waals surface area contributed by atoms with Gasteiger partial charge in [0.2, 0.25) is 0 Å². The third-order valence-corrected chi connectivity index (χ3v) is 3.30. The average Bonchev–Trinajstić information content (AvgIpc) is 2.48. The van der Waals surface area contributed by atoms with Gasteiger partial charge in [-0.3, -0.25) is 0 Å². The van der Waals surface area contributed by atoms with Gasteiger partial charge in [0, 0.05) is 10.9 Å². The highest BCUT2D eigenvalue weighted by Crippen LogP contribution is 2.26. The van der Waals surface area contributed by atoms with E-state index in [0.717, 1.165) is 16.6 Å². The highest BCUT2D eigenvalue weighted by Gasteiger charge is 2.02. The Balaban J connectivity index is 2.11. The lowest BCUT2D eigenvalue weighted by atomic mass is 10.1. The number of nitrogens with zero attached hydrogens (tertiary/aromatic N) is 1. The first-order valence-electron chi connectivity index (χ1n) is 6.12. The van der Waals surface area contributed by atoms with Crippen LogP contribution in [0.25, 0.3) is 10.8 Å². The predicted octanol–water partition coefficient (Wildman–Crippen LogP) is 5.16. The maximum absolute atomic E-state index is 6.29. The van der Waals surface area contributed by atoms with Gasteiger partial charge in [0.05, 0.1) is 5.69 Å². The lowest BCUT2D eigenvalue weighted by molar-refractivity contribution is 1.55. The van der Waals surface area contributed by atoms with Gasteiger partial charge in [0.25, 0.3) is 0 Å². The van der Waals surface area contributed by atoms with E-state index < -0.39 is 0 Å². The van der Waals surface area contributed by atoms with Gasteiger partial charge >= 0.3 is 0 Å². The first-order chi connectivity index (χ1) is 9.34. The Bertz CT molecular complexity index is 727. The van der Waals surface area contributed by atoms with E-state index in [1.165, 1.54) is 5.39 Å². The summed E-state index contributed by atoms with van der Waals surface area (Å²) in [5.41, 5.74) is 1.82. The van der Waals surface area contributed by atoms with Crippen molar-refractivity contribution < 1.29 is 0 Å². The highest BCUT2D eigenvalue weighted by atomic mass is 35.5. The number of hydrogen-bond acceptors (Lipinski definition) is 1. The lowest BCUT2D eigenvalue weighted by Crippen LogP contribution is -1.89. The van der Waals surface area contributed by atoms with Gasteiger partial charge in [-0.15, -0.1) is 0 Å². The monoisotopic (exact) mass is 265 g/mol. The number of fused-ring (bicyclic) bond motifs is 1. The summed E-state index contributed by atoms with van der Waals surface area (Å²) < 4.78 is 0. The third-order valence-electron chi connectivity index (χ3n) is 3.00. The molecule has 0 spiro atoms. The molecule has 0 bridgehead atoms. The summed E-state index contributed by atoms with van der Waals surface area (Å²) in [6.45, 7) is 0. The summed E-state index contributed by atoms with van der Waals surface area (Å²) >= 11 is 6.29. The molecule has 0 aliphatic carbocycles. The van der Waals surface area contributed by atoms with Gasteiger partial charge in [0.15, 0.2) is 0 Å². The van der Waals surface area contributed by atoms with Crippen LogP contribution in [-0.2, 0) is 0 Å². The molecule has 1 nitrogen and oxygen atoms in total. The molecule has 3 aromatic rings. The molecule has 0 saturated carbocycles. The molecule has 0 saturated heterocycles. The Morgan fingerprint density at radius 3 is 2.26 bits per heavy atom. The molecular weight excluding hydrogens is 254 g/mol. The fraction of sp³-hybridized carbons (Fsp3) is 0. The van der Waals surface area contributed by atoms with Gasteiger partial charge < -0.3 is 0 Å². The van der Waals surface area contributed by atoms with Crippen LogP contribution in [0.1, 0.15) is 5.56 Å². The van der Waals surface area contributed by atoms with Crippen molar-refractivity contribution >= 4 is 33.2 Å². The maximum Gasteiger partial charge on any atom is 0.136 e. The number of hydrogen-bond donors (Lipinski definition) is 0. The first-order valence-corrected chi connectivity index (χ1v) is 6.50. The van der Waals surface area contributed by atoms with Gasteiger partial charge in [-0.2, -0.15) is 0 Å². The smallest absolute Gasteiger partial charge is 0.136 e. The second kappa shape index (κ2) is 5.25. The van der Waals surface area contributed by atoms with Gasteiger partial charge in [0.1, 0.15) is 5.17 Å². The summed E-state index contributed by atoms with van der Waals surface area (Å²) in [5, 5.41) is 2.79. The first kappa shape index (κ1) is 11.9. The van der Waals surface area contributed by atoms with Gasteiger partial charge in [-0.25, -0.2) is 4.99 Å². The van der Waals surface area contributed by atoms with Crippen LogP contribution in [0.3, 0.4) is 0 Å². The van der Waals surface area contributed by atoms with Crippen molar-refractivity contribution in [1.82, 2.24) is 0 Å². The minimum absolute atomic E-state index is 0.511. The molecule has 0 aliphatic rings. The predicted molar refractivity (Wildman–Crippen MR) is 82.4 cm³/mol. The van der Waals surface area contributed by atoms with Crippen molar-refractivity contribution in [2.45, 2.75) is 0 Å². The van der Waals surface area contributed by atoms with Crippen molar-refractivity contribution in [3.63, 3.8) is 0 Å². The van der Waals surface area contributed by atoms with Crippen LogP contribution >= 0.6 is 11.6 Å². The molecule has 0 fully saturated rings. The van der Waals surface area contributed by atoms with E-state index in [9.17, 15) is 0 Å². The van der Waals surface area contributed by atoms with Crippen LogP contribution in [0.5, 0.6) is 0 Å². The fourth-order valence-corrected chi connectivity index (χ4v) is 2.27. The number of rotatable bonds is 2. The molecule has 19 heavy (non-hydrogen) atoms. The minimum atomic E-state index is 0.511. The zero-order valence-corrected chi connectivity index (χ0v) is 11.0. The van der Waals surface area contributed by atoms with Crippen molar-refractivity contribution in [2.24, 2.45) is 4.99 Å². The molecule has 0 amide bonds. The molecule has 2 heteroatoms. The molecule has 0 unspecified atom stereocenters. The van der Waals surface area contributed by atoms with Gasteiger partial charge in [-0.1, -0.05) is 78.3 Å². The summed E-state index contributed by atoms with van der Waals surface area (Å²) in [5.74, 6) is 0. The SMILES string of the molecule is Cl/C(=N\c1cccc2ccccc12)c1ccccc1. The van der Waals surface area contributed by atoms with E-state index in [0.29, 0.717) is 5.17 Å². The Kier molecular flexibility index (Phi) is 3.30. The van der Waals surface area contributed by atoms with E-state index in [-0.39, 0.29) is 0 Å². The second-order valence-corrected chi connectivity index (χ2v) is 4.62. The summed E-state index contributed by atoms with van der Waals surface area (Å²) in [7, 11) is 0. The average molecular weight is 266 g/mol. The van der Waals surface area contributed by atoms with E-state index in [2.05, 4.69) is 23.2 Å². The highest BCUT2D eigenvalue weighted by molar-refractivity contribution is 6.69. The normalized spacial score (nSPS) is 11.7.